The van der Waals surface area contributed by atoms with Crippen molar-refractivity contribution in [3.8, 4) is 0 Å². The highest BCUT2D eigenvalue weighted by atomic mass is 14.6. The largest absolute Gasteiger partial charge is 0.327 e. The van der Waals surface area contributed by atoms with Crippen molar-refractivity contribution in [2.24, 2.45) is 17.6 Å². The minimum atomic E-state index is 0.368. The van der Waals surface area contributed by atoms with Crippen LogP contribution in [-0.2, 0) is 19.3 Å². The van der Waals surface area contributed by atoms with Gasteiger partial charge in [-0.3, -0.25) is 0 Å². The predicted octanol–water partition coefficient (Wildman–Crippen LogP) is 4.65. The van der Waals surface area contributed by atoms with E-state index < -0.39 is 0 Å². The Balaban J connectivity index is 1.53. The van der Waals surface area contributed by atoms with Gasteiger partial charge in [0.15, 0.2) is 0 Å². The van der Waals surface area contributed by atoms with Crippen molar-refractivity contribution >= 4 is 0 Å². The molecule has 1 atom stereocenters. The fraction of sp³-hybridized carbons (Fsp3) is 0.700. The molecule has 2 aliphatic rings. The Morgan fingerprint density at radius 3 is 2.62 bits per heavy atom. The van der Waals surface area contributed by atoms with Crippen molar-refractivity contribution in [3.63, 3.8) is 0 Å². The molecular formula is C20H31N. The zero-order chi connectivity index (χ0) is 14.7. The fourth-order valence-electron chi connectivity index (χ4n) is 4.50. The minimum absolute atomic E-state index is 0.368. The van der Waals surface area contributed by atoms with Crippen LogP contribution < -0.4 is 5.73 Å². The molecule has 1 unspecified atom stereocenters. The molecule has 1 aromatic rings. The first-order valence-electron chi connectivity index (χ1n) is 9.12. The van der Waals surface area contributed by atoms with E-state index in [1.807, 2.05) is 0 Å². The van der Waals surface area contributed by atoms with Crippen LogP contribution in [0.25, 0.3) is 0 Å². The van der Waals surface area contributed by atoms with Gasteiger partial charge in [-0.2, -0.15) is 0 Å². The van der Waals surface area contributed by atoms with E-state index in [1.54, 1.807) is 11.1 Å². The Kier molecular flexibility index (Phi) is 5.00. The zero-order valence-corrected chi connectivity index (χ0v) is 13.6. The fourth-order valence-corrected chi connectivity index (χ4v) is 4.50. The van der Waals surface area contributed by atoms with Gasteiger partial charge in [0.1, 0.15) is 0 Å². The van der Waals surface area contributed by atoms with Crippen LogP contribution in [0.4, 0.5) is 0 Å². The third kappa shape index (κ3) is 3.69. The van der Waals surface area contributed by atoms with Crippen LogP contribution in [0.1, 0.15) is 68.6 Å². The molecule has 3 rings (SSSR count). The molecule has 1 nitrogen and oxygen atoms in total. The molecule has 0 radical (unpaired) electrons. The Morgan fingerprint density at radius 1 is 1.10 bits per heavy atom. The lowest BCUT2D eigenvalue weighted by atomic mass is 9.76. The van der Waals surface area contributed by atoms with E-state index in [-0.39, 0.29) is 0 Å². The van der Waals surface area contributed by atoms with Crippen molar-refractivity contribution in [1.29, 1.82) is 0 Å². The van der Waals surface area contributed by atoms with Crippen LogP contribution in [0.15, 0.2) is 18.2 Å². The van der Waals surface area contributed by atoms with Crippen LogP contribution in [0, 0.1) is 11.8 Å². The Bertz CT molecular complexity index is 457. The van der Waals surface area contributed by atoms with Gasteiger partial charge in [-0.05, 0) is 67.1 Å². The molecule has 0 amide bonds. The van der Waals surface area contributed by atoms with E-state index in [2.05, 4.69) is 25.1 Å². The van der Waals surface area contributed by atoms with Gasteiger partial charge in [-0.25, -0.2) is 0 Å². The summed E-state index contributed by atoms with van der Waals surface area (Å²) in [4.78, 5) is 0. The predicted molar refractivity (Wildman–Crippen MR) is 90.5 cm³/mol. The highest BCUT2D eigenvalue weighted by Gasteiger charge is 2.25. The van der Waals surface area contributed by atoms with Gasteiger partial charge in [0.25, 0.3) is 0 Å². The molecule has 2 aliphatic carbocycles. The second-order valence-corrected chi connectivity index (χ2v) is 7.39. The smallest absolute Gasteiger partial charge is 0.0108 e. The molecule has 0 heterocycles. The maximum atomic E-state index is 6.55. The topological polar surface area (TPSA) is 26.0 Å². The Morgan fingerprint density at radius 2 is 1.86 bits per heavy atom. The van der Waals surface area contributed by atoms with E-state index in [4.69, 9.17) is 5.73 Å². The summed E-state index contributed by atoms with van der Waals surface area (Å²) in [5.74, 6) is 1.74. The number of nitrogens with two attached hydrogens (primary N) is 1. The number of hydrogen-bond donors (Lipinski definition) is 1. The van der Waals surface area contributed by atoms with E-state index in [0.717, 1.165) is 18.3 Å². The van der Waals surface area contributed by atoms with E-state index in [1.165, 1.54) is 63.4 Å². The van der Waals surface area contributed by atoms with Gasteiger partial charge in [-0.15, -0.1) is 0 Å². The van der Waals surface area contributed by atoms with Gasteiger partial charge in [0.05, 0.1) is 0 Å². The highest BCUT2D eigenvalue weighted by molar-refractivity contribution is 5.35. The average Bonchev–Trinajstić information content (AvgIpc) is 2.96. The first kappa shape index (κ1) is 15.1. The molecule has 0 saturated heterocycles. The monoisotopic (exact) mass is 285 g/mol. The van der Waals surface area contributed by atoms with Crippen molar-refractivity contribution in [2.45, 2.75) is 77.2 Å². The van der Waals surface area contributed by atoms with Gasteiger partial charge < -0.3 is 5.73 Å². The Labute approximate surface area is 130 Å². The van der Waals surface area contributed by atoms with Crippen molar-refractivity contribution in [3.05, 3.63) is 34.9 Å². The standard InChI is InChI=1S/C20H31N/c1-2-4-15-7-11-18(12-8-15)20(21)14-16-9-10-17-5-3-6-19(17)13-16/h9-10,13,15,18,20H,2-8,11-12,14,21H2,1H3. The molecule has 116 valence electrons. The van der Waals surface area contributed by atoms with Crippen LogP contribution in [0.2, 0.25) is 0 Å². The summed E-state index contributed by atoms with van der Waals surface area (Å²) in [6.45, 7) is 2.31. The first-order chi connectivity index (χ1) is 10.3. The summed E-state index contributed by atoms with van der Waals surface area (Å²) in [7, 11) is 0. The number of rotatable bonds is 5. The van der Waals surface area contributed by atoms with Crippen LogP contribution in [0.5, 0.6) is 0 Å². The lowest BCUT2D eigenvalue weighted by Crippen LogP contribution is -2.35. The lowest BCUT2D eigenvalue weighted by Gasteiger charge is -2.32. The summed E-state index contributed by atoms with van der Waals surface area (Å²) in [6.07, 6.45) is 13.3. The summed E-state index contributed by atoms with van der Waals surface area (Å²) in [5, 5.41) is 0. The number of aryl methyl sites for hydroxylation is 2. The molecule has 0 bridgehead atoms. The maximum Gasteiger partial charge on any atom is 0.0108 e. The second-order valence-electron chi connectivity index (χ2n) is 7.39. The average molecular weight is 285 g/mol. The normalized spacial score (nSPS) is 26.6. The van der Waals surface area contributed by atoms with E-state index in [0.29, 0.717) is 6.04 Å². The number of fused-ring (bicyclic) bond motifs is 1. The molecule has 1 fully saturated rings. The first-order valence-corrected chi connectivity index (χ1v) is 9.12. The Hall–Kier alpha value is -0.820. The van der Waals surface area contributed by atoms with Crippen molar-refractivity contribution in [2.75, 3.05) is 0 Å². The zero-order valence-electron chi connectivity index (χ0n) is 13.6. The lowest BCUT2D eigenvalue weighted by molar-refractivity contribution is 0.232. The molecule has 1 aromatic carbocycles. The maximum absolute atomic E-state index is 6.55. The molecular weight excluding hydrogens is 254 g/mol. The van der Waals surface area contributed by atoms with Crippen molar-refractivity contribution in [1.82, 2.24) is 0 Å². The summed E-state index contributed by atoms with van der Waals surface area (Å²) >= 11 is 0. The molecule has 0 spiro atoms. The minimum Gasteiger partial charge on any atom is -0.327 e. The van der Waals surface area contributed by atoms with Crippen molar-refractivity contribution < 1.29 is 0 Å². The SMILES string of the molecule is CCCC1CCC(C(N)Cc2ccc3c(c2)CCC3)CC1. The quantitative estimate of drug-likeness (QED) is 0.837. The van der Waals surface area contributed by atoms with Gasteiger partial charge >= 0.3 is 0 Å². The van der Waals surface area contributed by atoms with E-state index in [9.17, 15) is 0 Å². The highest BCUT2D eigenvalue weighted by Crippen LogP contribution is 2.33. The molecule has 2 N–H and O–H groups in total. The number of hydrogen-bond acceptors (Lipinski definition) is 1. The van der Waals surface area contributed by atoms with Gasteiger partial charge in [0, 0.05) is 6.04 Å². The third-order valence-electron chi connectivity index (χ3n) is 5.83. The molecule has 21 heavy (non-hydrogen) atoms. The second kappa shape index (κ2) is 6.96. The summed E-state index contributed by atoms with van der Waals surface area (Å²) in [5.41, 5.74) is 11.2. The number of benzene rings is 1. The summed E-state index contributed by atoms with van der Waals surface area (Å²) in [6, 6.07) is 7.48. The van der Waals surface area contributed by atoms with E-state index >= 15 is 0 Å². The van der Waals surface area contributed by atoms with Crippen LogP contribution in [0.3, 0.4) is 0 Å². The molecule has 1 heteroatoms. The molecule has 0 aliphatic heterocycles. The van der Waals surface area contributed by atoms with Gasteiger partial charge in [-0.1, -0.05) is 50.8 Å². The summed E-state index contributed by atoms with van der Waals surface area (Å²) < 4.78 is 0. The van der Waals surface area contributed by atoms with Crippen LogP contribution in [-0.4, -0.2) is 6.04 Å². The van der Waals surface area contributed by atoms with Gasteiger partial charge in [0.2, 0.25) is 0 Å². The third-order valence-corrected chi connectivity index (χ3v) is 5.83. The van der Waals surface area contributed by atoms with Crippen LogP contribution >= 0.6 is 0 Å². The molecule has 1 saturated carbocycles. The molecule has 0 aromatic heterocycles.